The monoisotopic (exact) mass is 602 g/mol. The van der Waals surface area contributed by atoms with Gasteiger partial charge in [0.25, 0.3) is 0 Å². The number of piperidine rings is 1. The Kier molecular flexibility index (Phi) is 9.75. The molecule has 0 radical (unpaired) electrons. The molecule has 1 aliphatic heterocycles. The Morgan fingerprint density at radius 3 is 2.41 bits per heavy atom. The third-order valence-electron chi connectivity index (χ3n) is 7.61. The van der Waals surface area contributed by atoms with Crippen LogP contribution in [0.25, 0.3) is 10.9 Å². The topological polar surface area (TPSA) is 125 Å². The molecule has 3 N–H and O–H groups in total. The molecule has 1 aromatic heterocycles. The number of rotatable bonds is 11. The van der Waals surface area contributed by atoms with Crippen LogP contribution in [0.3, 0.4) is 0 Å². The maximum Gasteiger partial charge on any atom is 0.316 e. The molecule has 0 atom stereocenters. The van der Waals surface area contributed by atoms with E-state index in [9.17, 15) is 9.59 Å². The van der Waals surface area contributed by atoms with E-state index in [0.29, 0.717) is 52.8 Å². The summed E-state index contributed by atoms with van der Waals surface area (Å²) in [6.07, 6.45) is 4.07. The lowest BCUT2D eigenvalue weighted by molar-refractivity contribution is -0.135. The molecule has 0 unspecified atom stereocenters. The van der Waals surface area contributed by atoms with Crippen LogP contribution < -0.4 is 34.9 Å². The number of benzene rings is 3. The highest BCUT2D eigenvalue weighted by atomic mass is 19.1. The van der Waals surface area contributed by atoms with E-state index < -0.39 is 17.6 Å². The molecule has 3 aromatic carbocycles. The second-order valence-electron chi connectivity index (χ2n) is 10.5. The minimum Gasteiger partial charge on any atom is -0.497 e. The van der Waals surface area contributed by atoms with E-state index >= 15 is 4.39 Å². The minimum absolute atomic E-state index is 0.0759. The number of pyridine rings is 1. The van der Waals surface area contributed by atoms with Crippen molar-refractivity contribution in [2.45, 2.75) is 19.3 Å². The van der Waals surface area contributed by atoms with Gasteiger partial charge in [-0.3, -0.25) is 14.6 Å². The van der Waals surface area contributed by atoms with Gasteiger partial charge in [-0.1, -0.05) is 12.1 Å². The molecule has 0 aliphatic carbocycles. The van der Waals surface area contributed by atoms with Crippen molar-refractivity contribution in [3.8, 4) is 28.7 Å². The molecule has 11 heteroatoms. The molecule has 2 amide bonds. The molecule has 0 bridgehead atoms. The van der Waals surface area contributed by atoms with Crippen molar-refractivity contribution in [2.75, 3.05) is 45.4 Å². The van der Waals surface area contributed by atoms with Crippen LogP contribution in [0.2, 0.25) is 0 Å². The second-order valence-corrected chi connectivity index (χ2v) is 10.5. The highest BCUT2D eigenvalue weighted by Gasteiger charge is 2.23. The minimum atomic E-state index is -1.14. The van der Waals surface area contributed by atoms with Gasteiger partial charge in [0, 0.05) is 35.9 Å². The van der Waals surface area contributed by atoms with Gasteiger partial charge in [-0.05, 0) is 80.2 Å². The first-order chi connectivity index (χ1) is 21.4. The van der Waals surface area contributed by atoms with Crippen LogP contribution in [-0.4, -0.2) is 57.3 Å². The first-order valence-electron chi connectivity index (χ1n) is 14.4. The fourth-order valence-corrected chi connectivity index (χ4v) is 5.12. The number of nitrogens with two attached hydrogens (primary N) is 1. The van der Waals surface area contributed by atoms with E-state index in [1.165, 1.54) is 12.1 Å². The number of carbonyl (C=O) groups is 2. The fourth-order valence-electron chi connectivity index (χ4n) is 5.12. The Morgan fingerprint density at radius 2 is 1.73 bits per heavy atom. The summed E-state index contributed by atoms with van der Waals surface area (Å²) in [7, 11) is 3.13. The van der Waals surface area contributed by atoms with Crippen LogP contribution in [0, 0.1) is 11.7 Å². The van der Waals surface area contributed by atoms with Crippen LogP contribution >= 0.6 is 0 Å². The Labute approximate surface area is 254 Å². The average Bonchev–Trinajstić information content (AvgIpc) is 3.05. The lowest BCUT2D eigenvalue weighted by Gasteiger charge is -2.23. The predicted octanol–water partition coefficient (Wildman–Crippen LogP) is 4.62. The molecule has 44 heavy (non-hydrogen) atoms. The van der Waals surface area contributed by atoms with Crippen LogP contribution in [-0.2, 0) is 16.0 Å². The van der Waals surface area contributed by atoms with Gasteiger partial charge in [-0.25, -0.2) is 4.39 Å². The molecule has 1 fully saturated rings. The number of aromatic nitrogens is 1. The smallest absolute Gasteiger partial charge is 0.316 e. The summed E-state index contributed by atoms with van der Waals surface area (Å²) < 4.78 is 38.3. The van der Waals surface area contributed by atoms with Crippen molar-refractivity contribution in [1.82, 2.24) is 10.3 Å². The summed E-state index contributed by atoms with van der Waals surface area (Å²) in [5, 5.41) is 3.96. The Morgan fingerprint density at radius 1 is 0.955 bits per heavy atom. The Balaban J connectivity index is 1.35. The zero-order chi connectivity index (χ0) is 31.1. The Hall–Kier alpha value is -4.90. The van der Waals surface area contributed by atoms with E-state index in [1.807, 2.05) is 12.1 Å². The molecule has 2 heterocycles. The van der Waals surface area contributed by atoms with Gasteiger partial charge in [0.15, 0.2) is 23.1 Å². The summed E-state index contributed by atoms with van der Waals surface area (Å²) in [5.74, 6) is -0.297. The van der Waals surface area contributed by atoms with Gasteiger partial charge in [-0.15, -0.1) is 0 Å². The lowest BCUT2D eigenvalue weighted by atomic mass is 9.99. The first kappa shape index (κ1) is 30.6. The number of anilines is 1. The normalized spacial score (nSPS) is 13.3. The molecular weight excluding hydrogens is 567 g/mol. The maximum atomic E-state index is 15.4. The third kappa shape index (κ3) is 7.17. The number of hydrogen-bond donors (Lipinski definition) is 2. The molecule has 1 aliphatic rings. The average molecular weight is 603 g/mol. The predicted molar refractivity (Wildman–Crippen MR) is 164 cm³/mol. The molecule has 4 aromatic rings. The molecule has 0 spiro atoms. The van der Waals surface area contributed by atoms with Crippen molar-refractivity contribution in [2.24, 2.45) is 11.7 Å². The van der Waals surface area contributed by atoms with E-state index in [-0.39, 0.29) is 18.0 Å². The van der Waals surface area contributed by atoms with E-state index in [2.05, 4.69) is 10.3 Å². The summed E-state index contributed by atoms with van der Waals surface area (Å²) in [6.45, 7) is 2.63. The number of halogens is 1. The van der Waals surface area contributed by atoms with E-state index in [4.69, 9.17) is 24.7 Å². The summed E-state index contributed by atoms with van der Waals surface area (Å²) in [5.41, 5.74) is 6.96. The first-order valence-corrected chi connectivity index (χ1v) is 14.4. The standard InChI is InChI=1S/C33H35FN4O6/c1-41-24-6-3-21(4-7-24)12-16-38(33(40)32(35)39)23-5-8-29(26(34)17-23)44-28-11-15-37-27-19-31(30(42-2)18-25(27)28)43-20-22-9-13-36-14-10-22/h3-8,11,15,17-19,22,36H,9-10,12-14,16,20H2,1-2H3,(H2,35,39). The van der Waals surface area contributed by atoms with Crippen LogP contribution in [0.4, 0.5) is 10.1 Å². The number of carbonyl (C=O) groups excluding carboxylic acids is 2. The van der Waals surface area contributed by atoms with Crippen molar-refractivity contribution < 1.29 is 32.9 Å². The van der Waals surface area contributed by atoms with E-state index in [0.717, 1.165) is 42.5 Å². The number of ether oxygens (including phenoxy) is 4. The summed E-state index contributed by atoms with van der Waals surface area (Å²) >= 11 is 0. The number of nitrogens with zero attached hydrogens (tertiary/aromatic N) is 2. The number of methoxy groups -OCH3 is 2. The van der Waals surface area contributed by atoms with Crippen molar-refractivity contribution in [1.29, 1.82) is 0 Å². The van der Waals surface area contributed by atoms with E-state index in [1.54, 1.807) is 50.7 Å². The highest BCUT2D eigenvalue weighted by molar-refractivity contribution is 6.39. The third-order valence-corrected chi connectivity index (χ3v) is 7.61. The molecule has 1 saturated heterocycles. The number of amides is 2. The largest absolute Gasteiger partial charge is 0.497 e. The number of fused-ring (bicyclic) bond motifs is 1. The van der Waals surface area contributed by atoms with Gasteiger partial charge in [0.05, 0.1) is 26.3 Å². The molecular formula is C33H35FN4O6. The van der Waals surface area contributed by atoms with Gasteiger partial charge in [0.1, 0.15) is 11.5 Å². The highest BCUT2D eigenvalue weighted by Crippen LogP contribution is 2.38. The zero-order valence-corrected chi connectivity index (χ0v) is 24.7. The van der Waals surface area contributed by atoms with Gasteiger partial charge in [-0.2, -0.15) is 0 Å². The van der Waals surface area contributed by atoms with Gasteiger partial charge in [0.2, 0.25) is 0 Å². The maximum absolute atomic E-state index is 15.4. The second kappa shape index (κ2) is 14.0. The van der Waals surface area contributed by atoms with Gasteiger partial charge >= 0.3 is 11.8 Å². The fraction of sp³-hybridized carbons (Fsp3) is 0.303. The van der Waals surface area contributed by atoms with Crippen molar-refractivity contribution in [3.63, 3.8) is 0 Å². The molecule has 0 saturated carbocycles. The number of primary amides is 1. The van der Waals surface area contributed by atoms with Gasteiger partial charge < -0.3 is 34.9 Å². The van der Waals surface area contributed by atoms with Crippen LogP contribution in [0.15, 0.2) is 66.9 Å². The quantitative estimate of drug-likeness (QED) is 0.238. The zero-order valence-electron chi connectivity index (χ0n) is 24.7. The summed E-state index contributed by atoms with van der Waals surface area (Å²) in [4.78, 5) is 30.1. The number of hydrogen-bond acceptors (Lipinski definition) is 8. The lowest BCUT2D eigenvalue weighted by Crippen LogP contribution is -2.41. The van der Waals surface area contributed by atoms with Crippen LogP contribution in [0.5, 0.6) is 28.7 Å². The molecule has 230 valence electrons. The molecule has 10 nitrogen and oxygen atoms in total. The van der Waals surface area contributed by atoms with Crippen molar-refractivity contribution in [3.05, 3.63) is 78.2 Å². The summed E-state index contributed by atoms with van der Waals surface area (Å²) in [6, 6.07) is 16.5. The molecule has 5 rings (SSSR count). The number of nitrogens with one attached hydrogen (secondary N) is 1. The van der Waals surface area contributed by atoms with Crippen molar-refractivity contribution >= 4 is 28.4 Å². The Bertz CT molecular complexity index is 1630. The SMILES string of the molecule is COc1ccc(CCN(C(=O)C(N)=O)c2ccc(Oc3ccnc4cc(OCC5CCNCC5)c(OC)cc34)c(F)c2)cc1. The van der Waals surface area contributed by atoms with Crippen LogP contribution in [0.1, 0.15) is 18.4 Å².